The van der Waals surface area contributed by atoms with Gasteiger partial charge in [0.25, 0.3) is 11.5 Å². The molecule has 5 nitrogen and oxygen atoms in total. The number of carbonyl (C=O) groups is 1. The standard InChI is InChI=1S/C15H20N2O3/c1-2-20-12-9-11(15(12)6-4-7-15)17-14(19)10-5-3-8-16-13(10)18/h3,5,8,11-12H,2,4,6-7,9H2,1H3,(H,16,18)(H,17,19)/t11-,12+/m1/s1. The van der Waals surface area contributed by atoms with Gasteiger partial charge in [-0.2, -0.15) is 0 Å². The molecule has 2 aliphatic rings. The van der Waals surface area contributed by atoms with E-state index < -0.39 is 0 Å². The van der Waals surface area contributed by atoms with E-state index in [2.05, 4.69) is 10.3 Å². The Bertz CT molecular complexity index is 562. The summed E-state index contributed by atoms with van der Waals surface area (Å²) in [6.45, 7) is 2.72. The maximum atomic E-state index is 12.2. The van der Waals surface area contributed by atoms with E-state index in [1.54, 1.807) is 12.1 Å². The van der Waals surface area contributed by atoms with Gasteiger partial charge in [-0.15, -0.1) is 0 Å². The van der Waals surface area contributed by atoms with Crippen LogP contribution in [0.15, 0.2) is 23.1 Å². The van der Waals surface area contributed by atoms with Crippen molar-refractivity contribution in [3.05, 3.63) is 34.2 Å². The molecule has 1 amide bonds. The summed E-state index contributed by atoms with van der Waals surface area (Å²) in [7, 11) is 0. The molecular formula is C15H20N2O3. The van der Waals surface area contributed by atoms with Gasteiger partial charge in [0.15, 0.2) is 0 Å². The van der Waals surface area contributed by atoms with E-state index in [9.17, 15) is 9.59 Å². The zero-order valence-corrected chi connectivity index (χ0v) is 11.6. The number of amides is 1. The summed E-state index contributed by atoms with van der Waals surface area (Å²) in [6.07, 6.45) is 6.05. The summed E-state index contributed by atoms with van der Waals surface area (Å²) < 4.78 is 5.76. The lowest BCUT2D eigenvalue weighted by molar-refractivity contribution is -0.169. The van der Waals surface area contributed by atoms with E-state index in [0.29, 0.717) is 6.61 Å². The van der Waals surface area contributed by atoms with Crippen molar-refractivity contribution < 1.29 is 9.53 Å². The molecule has 2 aliphatic carbocycles. The van der Waals surface area contributed by atoms with E-state index in [0.717, 1.165) is 19.3 Å². The van der Waals surface area contributed by atoms with Crippen LogP contribution in [-0.4, -0.2) is 29.6 Å². The van der Waals surface area contributed by atoms with Gasteiger partial charge in [0.05, 0.1) is 6.10 Å². The number of H-pyrrole nitrogens is 1. The summed E-state index contributed by atoms with van der Waals surface area (Å²) in [5.74, 6) is -0.280. The molecule has 5 heteroatoms. The minimum absolute atomic E-state index is 0.118. The van der Waals surface area contributed by atoms with Gasteiger partial charge in [-0.05, 0) is 38.3 Å². The average Bonchev–Trinajstić information content (AvgIpc) is 2.35. The number of hydrogen-bond acceptors (Lipinski definition) is 3. The first-order chi connectivity index (χ1) is 9.67. The first-order valence-electron chi connectivity index (χ1n) is 7.27. The van der Waals surface area contributed by atoms with Crippen molar-refractivity contribution in [2.75, 3.05) is 6.61 Å². The maximum absolute atomic E-state index is 12.2. The normalized spacial score (nSPS) is 26.6. The van der Waals surface area contributed by atoms with Crippen LogP contribution in [0.4, 0.5) is 0 Å². The van der Waals surface area contributed by atoms with Gasteiger partial charge in [0.2, 0.25) is 0 Å². The second-order valence-corrected chi connectivity index (χ2v) is 5.71. The highest BCUT2D eigenvalue weighted by molar-refractivity contribution is 5.94. The lowest BCUT2D eigenvalue weighted by atomic mass is 9.51. The van der Waals surface area contributed by atoms with E-state index in [1.807, 2.05) is 6.92 Å². The summed E-state index contributed by atoms with van der Waals surface area (Å²) in [5.41, 5.74) is -0.0390. The van der Waals surface area contributed by atoms with E-state index in [-0.39, 0.29) is 34.6 Å². The Morgan fingerprint density at radius 2 is 2.35 bits per heavy atom. The summed E-state index contributed by atoms with van der Waals surface area (Å²) in [5, 5.41) is 3.02. The number of rotatable bonds is 4. The largest absolute Gasteiger partial charge is 0.378 e. The Balaban J connectivity index is 1.69. The van der Waals surface area contributed by atoms with Gasteiger partial charge in [0.1, 0.15) is 5.56 Å². The molecule has 0 aromatic carbocycles. The zero-order chi connectivity index (χ0) is 14.2. The molecule has 0 bridgehead atoms. The van der Waals surface area contributed by atoms with Gasteiger partial charge >= 0.3 is 0 Å². The highest BCUT2D eigenvalue weighted by Crippen LogP contribution is 2.57. The summed E-state index contributed by atoms with van der Waals surface area (Å²) >= 11 is 0. The molecule has 0 radical (unpaired) electrons. The number of hydrogen-bond donors (Lipinski definition) is 2. The van der Waals surface area contributed by atoms with Crippen LogP contribution in [0.25, 0.3) is 0 Å². The lowest BCUT2D eigenvalue weighted by Crippen LogP contribution is -2.67. The van der Waals surface area contributed by atoms with Crippen LogP contribution in [0.5, 0.6) is 0 Å². The van der Waals surface area contributed by atoms with Crippen LogP contribution in [0.1, 0.15) is 43.0 Å². The number of nitrogens with one attached hydrogen (secondary N) is 2. The Morgan fingerprint density at radius 3 is 2.95 bits per heavy atom. The van der Waals surface area contributed by atoms with E-state index >= 15 is 0 Å². The molecule has 20 heavy (non-hydrogen) atoms. The molecule has 1 spiro atoms. The van der Waals surface area contributed by atoms with Crippen molar-refractivity contribution in [3.63, 3.8) is 0 Å². The molecule has 1 aromatic heterocycles. The molecule has 108 valence electrons. The topological polar surface area (TPSA) is 71.2 Å². The summed E-state index contributed by atoms with van der Waals surface area (Å²) in [6, 6.07) is 3.36. The first kappa shape index (κ1) is 13.4. The van der Waals surface area contributed by atoms with Crippen molar-refractivity contribution in [2.24, 2.45) is 5.41 Å². The fraction of sp³-hybridized carbons (Fsp3) is 0.600. The van der Waals surface area contributed by atoms with E-state index in [1.165, 1.54) is 12.6 Å². The quantitative estimate of drug-likeness (QED) is 0.874. The van der Waals surface area contributed by atoms with Crippen LogP contribution >= 0.6 is 0 Å². The average molecular weight is 276 g/mol. The Hall–Kier alpha value is -1.62. The SMILES string of the molecule is CCO[C@H]1C[C@@H](NC(=O)c2ccc[nH]c2=O)C12CCC2. The predicted molar refractivity (Wildman–Crippen MR) is 74.6 cm³/mol. The van der Waals surface area contributed by atoms with Gasteiger partial charge < -0.3 is 15.0 Å². The monoisotopic (exact) mass is 276 g/mol. The van der Waals surface area contributed by atoms with Crippen LogP contribution < -0.4 is 10.9 Å². The summed E-state index contributed by atoms with van der Waals surface area (Å²) in [4.78, 5) is 26.3. The van der Waals surface area contributed by atoms with Crippen LogP contribution in [0.3, 0.4) is 0 Å². The third-order valence-corrected chi connectivity index (χ3v) is 4.81. The van der Waals surface area contributed by atoms with Crippen molar-refractivity contribution in [1.82, 2.24) is 10.3 Å². The molecule has 0 saturated heterocycles. The van der Waals surface area contributed by atoms with Gasteiger partial charge in [-0.1, -0.05) is 6.42 Å². The lowest BCUT2D eigenvalue weighted by Gasteiger charge is -2.60. The highest BCUT2D eigenvalue weighted by atomic mass is 16.5. The van der Waals surface area contributed by atoms with Crippen molar-refractivity contribution in [3.8, 4) is 0 Å². The highest BCUT2D eigenvalue weighted by Gasteiger charge is 2.59. The smallest absolute Gasteiger partial charge is 0.260 e. The minimum atomic E-state index is -0.339. The molecule has 0 aliphatic heterocycles. The van der Waals surface area contributed by atoms with Gasteiger partial charge in [-0.25, -0.2) is 0 Å². The number of carbonyl (C=O) groups excluding carboxylic acids is 1. The number of aromatic nitrogens is 1. The van der Waals surface area contributed by atoms with Crippen molar-refractivity contribution in [2.45, 2.75) is 44.8 Å². The second-order valence-electron chi connectivity index (χ2n) is 5.71. The fourth-order valence-electron chi connectivity index (χ4n) is 3.48. The number of pyridine rings is 1. The molecule has 2 N–H and O–H groups in total. The maximum Gasteiger partial charge on any atom is 0.260 e. The fourth-order valence-corrected chi connectivity index (χ4v) is 3.48. The Labute approximate surface area is 117 Å². The minimum Gasteiger partial charge on any atom is -0.378 e. The second kappa shape index (κ2) is 5.05. The Morgan fingerprint density at radius 1 is 1.55 bits per heavy atom. The Kier molecular flexibility index (Phi) is 3.38. The third kappa shape index (κ3) is 1.97. The molecule has 0 unspecified atom stereocenters. The predicted octanol–water partition coefficient (Wildman–Crippen LogP) is 1.45. The van der Waals surface area contributed by atoms with Crippen molar-refractivity contribution in [1.29, 1.82) is 0 Å². The number of ether oxygens (including phenoxy) is 1. The van der Waals surface area contributed by atoms with Gasteiger partial charge in [-0.3, -0.25) is 9.59 Å². The van der Waals surface area contributed by atoms with E-state index in [4.69, 9.17) is 4.74 Å². The van der Waals surface area contributed by atoms with Crippen LogP contribution in [-0.2, 0) is 4.74 Å². The number of aromatic amines is 1. The third-order valence-electron chi connectivity index (χ3n) is 4.81. The zero-order valence-electron chi connectivity index (χ0n) is 11.6. The molecule has 2 saturated carbocycles. The van der Waals surface area contributed by atoms with Gasteiger partial charge in [0, 0.05) is 24.3 Å². The van der Waals surface area contributed by atoms with Crippen LogP contribution in [0, 0.1) is 5.41 Å². The molecular weight excluding hydrogens is 256 g/mol. The van der Waals surface area contributed by atoms with Crippen LogP contribution in [0.2, 0.25) is 0 Å². The molecule has 1 aromatic rings. The first-order valence-corrected chi connectivity index (χ1v) is 7.27. The van der Waals surface area contributed by atoms with Crippen molar-refractivity contribution >= 4 is 5.91 Å². The molecule has 1 heterocycles. The molecule has 2 atom stereocenters. The molecule has 2 fully saturated rings. The molecule has 3 rings (SSSR count).